The Bertz CT molecular complexity index is 673. The largest absolute Gasteiger partial charge is 0.507 e. The molecule has 0 unspecified atom stereocenters. The summed E-state index contributed by atoms with van der Waals surface area (Å²) in [6.07, 6.45) is 0. The van der Waals surface area contributed by atoms with Crippen LogP contribution in [0.4, 0.5) is 11.4 Å². The van der Waals surface area contributed by atoms with Gasteiger partial charge in [-0.3, -0.25) is 10.1 Å². The molecule has 0 spiro atoms. The van der Waals surface area contributed by atoms with E-state index < -0.39 is 0 Å². The van der Waals surface area contributed by atoms with Crippen molar-refractivity contribution < 1.29 is 10.0 Å². The summed E-state index contributed by atoms with van der Waals surface area (Å²) in [4.78, 5) is 10.7. The fourth-order valence-electron chi connectivity index (χ4n) is 2.29. The average molecular weight is 286 g/mol. The van der Waals surface area contributed by atoms with Crippen LogP contribution in [0.5, 0.6) is 5.75 Å². The van der Waals surface area contributed by atoms with Crippen LogP contribution in [0, 0.1) is 30.9 Å². The molecule has 0 radical (unpaired) electrons. The van der Waals surface area contributed by atoms with E-state index in [2.05, 4.69) is 5.32 Å². The van der Waals surface area contributed by atoms with Gasteiger partial charge in [0.25, 0.3) is 5.69 Å². The highest BCUT2D eigenvalue weighted by Gasteiger charge is 2.13. The molecule has 2 aromatic carbocycles. The normalized spacial score (nSPS) is 10.4. The third kappa shape index (κ3) is 3.31. The maximum absolute atomic E-state index is 11.1. The molecule has 0 saturated heterocycles. The molecule has 5 nitrogen and oxygen atoms in total. The van der Waals surface area contributed by atoms with E-state index >= 15 is 0 Å². The second kappa shape index (κ2) is 5.83. The van der Waals surface area contributed by atoms with Crippen molar-refractivity contribution in [1.82, 2.24) is 0 Å². The number of anilines is 1. The molecule has 2 N–H and O–H groups in total. The van der Waals surface area contributed by atoms with E-state index in [1.54, 1.807) is 12.1 Å². The lowest BCUT2D eigenvalue weighted by Gasteiger charge is -2.10. The Morgan fingerprint density at radius 1 is 1.14 bits per heavy atom. The van der Waals surface area contributed by atoms with Gasteiger partial charge in [-0.1, -0.05) is 18.2 Å². The van der Waals surface area contributed by atoms with E-state index in [1.165, 1.54) is 0 Å². The zero-order chi connectivity index (χ0) is 15.6. The number of phenols is 1. The zero-order valence-electron chi connectivity index (χ0n) is 12.3. The van der Waals surface area contributed by atoms with Gasteiger partial charge in [0.05, 0.1) is 4.92 Å². The van der Waals surface area contributed by atoms with Crippen molar-refractivity contribution in [3.8, 4) is 5.75 Å². The summed E-state index contributed by atoms with van der Waals surface area (Å²) in [6.45, 7) is 5.95. The first-order chi connectivity index (χ1) is 9.88. The number of hydrogen-bond acceptors (Lipinski definition) is 4. The monoisotopic (exact) mass is 286 g/mol. The molecule has 5 heteroatoms. The van der Waals surface area contributed by atoms with E-state index in [9.17, 15) is 15.2 Å². The predicted octanol–water partition coefficient (Wildman–Crippen LogP) is 3.84. The van der Waals surface area contributed by atoms with Crippen molar-refractivity contribution in [1.29, 1.82) is 0 Å². The first-order valence-electron chi connectivity index (χ1n) is 6.66. The highest BCUT2D eigenvalue weighted by Crippen LogP contribution is 2.27. The Morgan fingerprint density at radius 2 is 1.76 bits per heavy atom. The van der Waals surface area contributed by atoms with Crippen molar-refractivity contribution in [3.63, 3.8) is 0 Å². The molecule has 0 saturated carbocycles. The average Bonchev–Trinajstić information content (AvgIpc) is 2.43. The van der Waals surface area contributed by atoms with Gasteiger partial charge < -0.3 is 10.4 Å². The molecular weight excluding hydrogens is 268 g/mol. The molecule has 0 atom stereocenters. The number of aromatic hydroxyl groups is 1. The fourth-order valence-corrected chi connectivity index (χ4v) is 2.29. The van der Waals surface area contributed by atoms with Gasteiger partial charge in [0.1, 0.15) is 11.4 Å². The maximum Gasteiger partial charge on any atom is 0.292 e. The number of nitrogens with zero attached hydrogens (tertiary/aromatic N) is 1. The lowest BCUT2D eigenvalue weighted by molar-refractivity contribution is -0.384. The molecule has 0 aliphatic carbocycles. The van der Waals surface area contributed by atoms with Crippen LogP contribution in [0.1, 0.15) is 22.3 Å². The number of nitrogens with one attached hydrogen (secondary N) is 1. The Kier molecular flexibility index (Phi) is 4.12. The molecule has 2 rings (SSSR count). The van der Waals surface area contributed by atoms with Crippen LogP contribution < -0.4 is 5.32 Å². The molecule has 110 valence electrons. The SMILES string of the molecule is Cc1ccc(NCc2cc(C)c(O)c(C)c2)c([N+](=O)[O-])c1. The van der Waals surface area contributed by atoms with Crippen molar-refractivity contribution in [2.45, 2.75) is 27.3 Å². The minimum absolute atomic E-state index is 0.0715. The summed E-state index contributed by atoms with van der Waals surface area (Å²) in [5, 5.41) is 23.9. The molecule has 0 fully saturated rings. The molecule has 0 heterocycles. The van der Waals surface area contributed by atoms with E-state index in [1.807, 2.05) is 39.0 Å². The van der Waals surface area contributed by atoms with Gasteiger partial charge in [0, 0.05) is 12.6 Å². The Labute approximate surface area is 123 Å². The lowest BCUT2D eigenvalue weighted by Crippen LogP contribution is -2.03. The zero-order valence-corrected chi connectivity index (χ0v) is 12.3. The number of benzene rings is 2. The van der Waals surface area contributed by atoms with Gasteiger partial charge in [-0.05, 0) is 49.1 Å². The van der Waals surface area contributed by atoms with Crippen molar-refractivity contribution in [2.24, 2.45) is 0 Å². The molecule has 0 aromatic heterocycles. The van der Waals surface area contributed by atoms with Gasteiger partial charge in [-0.15, -0.1) is 0 Å². The highest BCUT2D eigenvalue weighted by atomic mass is 16.6. The van der Waals surface area contributed by atoms with Crippen LogP contribution >= 0.6 is 0 Å². The summed E-state index contributed by atoms with van der Waals surface area (Å²) in [5.41, 5.74) is 3.98. The standard InChI is InChI=1S/C16H18N2O3/c1-10-4-5-14(15(6-10)18(20)21)17-9-13-7-11(2)16(19)12(3)8-13/h4-8,17,19H,9H2,1-3H3. The van der Waals surface area contributed by atoms with Gasteiger partial charge in [-0.25, -0.2) is 0 Å². The predicted molar refractivity (Wildman–Crippen MR) is 82.7 cm³/mol. The van der Waals surface area contributed by atoms with Crippen LogP contribution in [-0.4, -0.2) is 10.0 Å². The summed E-state index contributed by atoms with van der Waals surface area (Å²) in [5.74, 6) is 0.292. The quantitative estimate of drug-likeness (QED) is 0.661. The van der Waals surface area contributed by atoms with Crippen LogP contribution in [0.25, 0.3) is 0 Å². The third-order valence-electron chi connectivity index (χ3n) is 3.38. The molecular formula is C16H18N2O3. The van der Waals surface area contributed by atoms with Crippen molar-refractivity contribution in [2.75, 3.05) is 5.32 Å². The Hall–Kier alpha value is -2.56. The number of hydrogen-bond donors (Lipinski definition) is 2. The van der Waals surface area contributed by atoms with E-state index in [0.717, 1.165) is 22.3 Å². The number of rotatable bonds is 4. The summed E-state index contributed by atoms with van der Waals surface area (Å²) in [6, 6.07) is 8.84. The van der Waals surface area contributed by atoms with Crippen LogP contribution in [-0.2, 0) is 6.54 Å². The topological polar surface area (TPSA) is 75.4 Å². The van der Waals surface area contributed by atoms with Crippen LogP contribution in [0.3, 0.4) is 0 Å². The second-order valence-corrected chi connectivity index (χ2v) is 5.21. The van der Waals surface area contributed by atoms with Gasteiger partial charge in [0.15, 0.2) is 0 Å². The number of nitro groups is 1. The molecule has 0 amide bonds. The smallest absolute Gasteiger partial charge is 0.292 e. The number of phenolic OH excluding ortho intramolecular Hbond substituents is 1. The molecule has 0 bridgehead atoms. The first kappa shape index (κ1) is 14.8. The lowest BCUT2D eigenvalue weighted by atomic mass is 10.1. The van der Waals surface area contributed by atoms with Crippen LogP contribution in [0.15, 0.2) is 30.3 Å². The Balaban J connectivity index is 2.22. The summed E-state index contributed by atoms with van der Waals surface area (Å²) in [7, 11) is 0. The minimum Gasteiger partial charge on any atom is -0.507 e. The second-order valence-electron chi connectivity index (χ2n) is 5.21. The van der Waals surface area contributed by atoms with Crippen molar-refractivity contribution in [3.05, 3.63) is 62.7 Å². The van der Waals surface area contributed by atoms with Gasteiger partial charge >= 0.3 is 0 Å². The Morgan fingerprint density at radius 3 is 2.33 bits per heavy atom. The number of nitro benzene ring substituents is 1. The fraction of sp³-hybridized carbons (Fsp3) is 0.250. The first-order valence-corrected chi connectivity index (χ1v) is 6.66. The molecule has 21 heavy (non-hydrogen) atoms. The molecule has 0 aliphatic rings. The highest BCUT2D eigenvalue weighted by molar-refractivity contribution is 5.62. The van der Waals surface area contributed by atoms with E-state index in [4.69, 9.17) is 0 Å². The third-order valence-corrected chi connectivity index (χ3v) is 3.38. The van der Waals surface area contributed by atoms with Gasteiger partial charge in [0.2, 0.25) is 0 Å². The maximum atomic E-state index is 11.1. The molecule has 2 aromatic rings. The van der Waals surface area contributed by atoms with Crippen molar-refractivity contribution >= 4 is 11.4 Å². The summed E-state index contributed by atoms with van der Waals surface area (Å²) < 4.78 is 0. The summed E-state index contributed by atoms with van der Waals surface area (Å²) >= 11 is 0. The molecule has 0 aliphatic heterocycles. The minimum atomic E-state index is -0.386. The van der Waals surface area contributed by atoms with Gasteiger partial charge in [-0.2, -0.15) is 0 Å². The van der Waals surface area contributed by atoms with Crippen LogP contribution in [0.2, 0.25) is 0 Å². The number of aryl methyl sites for hydroxylation is 3. The van der Waals surface area contributed by atoms with E-state index in [0.29, 0.717) is 18.0 Å². The van der Waals surface area contributed by atoms with E-state index in [-0.39, 0.29) is 10.6 Å².